The summed E-state index contributed by atoms with van der Waals surface area (Å²) in [5.41, 5.74) is 0. The molecular weight excluding hydrogens is 236 g/mol. The number of methoxy groups -OCH3 is 1. The molecule has 1 N–H and O–H groups in total. The molecule has 2 fully saturated rings. The van der Waals surface area contributed by atoms with Gasteiger partial charge in [0.2, 0.25) is 0 Å². The number of hydrogen-bond donors (Lipinski definition) is 1. The Labute approximate surface area is 106 Å². The summed E-state index contributed by atoms with van der Waals surface area (Å²) in [6, 6.07) is 0.0170. The molecule has 0 aromatic rings. The van der Waals surface area contributed by atoms with Crippen LogP contribution in [0.2, 0.25) is 0 Å². The zero-order valence-corrected chi connectivity index (χ0v) is 10.8. The molecule has 0 aliphatic carbocycles. The van der Waals surface area contributed by atoms with Gasteiger partial charge in [-0.1, -0.05) is 6.92 Å². The number of aliphatic carboxylic acids is 1. The fourth-order valence-electron chi connectivity index (χ4n) is 2.48. The number of likely N-dealkylation sites (tertiary alicyclic amines) is 2. The average Bonchev–Trinajstić information content (AvgIpc) is 2.74. The van der Waals surface area contributed by atoms with Gasteiger partial charge in [0.1, 0.15) is 0 Å². The van der Waals surface area contributed by atoms with Crippen LogP contribution >= 0.6 is 0 Å². The van der Waals surface area contributed by atoms with Crippen molar-refractivity contribution in [1.82, 2.24) is 9.80 Å². The van der Waals surface area contributed by atoms with Crippen LogP contribution < -0.4 is 0 Å². The lowest BCUT2D eigenvalue weighted by Crippen LogP contribution is -2.57. The molecule has 6 heteroatoms. The van der Waals surface area contributed by atoms with Crippen molar-refractivity contribution in [3.8, 4) is 0 Å². The lowest BCUT2D eigenvalue weighted by Gasteiger charge is -2.42. The molecule has 0 aromatic carbocycles. The molecule has 2 atom stereocenters. The normalized spacial score (nSPS) is 26.0. The Balaban J connectivity index is 1.78. The third-order valence-electron chi connectivity index (χ3n) is 4.03. The minimum Gasteiger partial charge on any atom is -0.481 e. The molecule has 2 aliphatic rings. The summed E-state index contributed by atoms with van der Waals surface area (Å²) in [4.78, 5) is 26.4. The molecule has 6 nitrogen and oxygen atoms in total. The van der Waals surface area contributed by atoms with Gasteiger partial charge in [-0.3, -0.25) is 4.79 Å². The molecule has 2 aliphatic heterocycles. The van der Waals surface area contributed by atoms with Crippen LogP contribution in [0.25, 0.3) is 0 Å². The first-order chi connectivity index (χ1) is 8.52. The van der Waals surface area contributed by atoms with Crippen LogP contribution in [-0.4, -0.2) is 66.3 Å². The Morgan fingerprint density at radius 2 is 1.94 bits per heavy atom. The average molecular weight is 256 g/mol. The highest BCUT2D eigenvalue weighted by molar-refractivity contribution is 5.76. The minimum atomic E-state index is -0.785. The quantitative estimate of drug-likeness (QED) is 0.797. The van der Waals surface area contributed by atoms with Gasteiger partial charge in [-0.25, -0.2) is 4.79 Å². The molecule has 102 valence electrons. The molecule has 2 saturated heterocycles. The molecule has 0 aromatic heterocycles. The molecule has 0 spiro atoms. The van der Waals surface area contributed by atoms with Crippen LogP contribution in [0.1, 0.15) is 13.3 Å². The predicted molar refractivity (Wildman–Crippen MR) is 64.2 cm³/mol. The Bertz CT molecular complexity index is 341. The van der Waals surface area contributed by atoms with Crippen molar-refractivity contribution in [2.24, 2.45) is 11.8 Å². The molecule has 0 radical (unpaired) electrons. The predicted octanol–water partition coefficient (Wildman–Crippen LogP) is 0.480. The summed E-state index contributed by atoms with van der Waals surface area (Å²) in [6.45, 7) is 4.19. The number of nitrogens with zero attached hydrogens (tertiary/aromatic N) is 2. The van der Waals surface area contributed by atoms with E-state index in [-0.39, 0.29) is 24.0 Å². The van der Waals surface area contributed by atoms with Gasteiger partial charge in [-0.15, -0.1) is 0 Å². The van der Waals surface area contributed by atoms with E-state index in [1.807, 2.05) is 0 Å². The van der Waals surface area contributed by atoms with Crippen LogP contribution in [-0.2, 0) is 9.53 Å². The fraction of sp³-hybridized carbons (Fsp3) is 0.833. The molecule has 2 rings (SSSR count). The smallest absolute Gasteiger partial charge is 0.320 e. The van der Waals surface area contributed by atoms with E-state index < -0.39 is 5.97 Å². The lowest BCUT2D eigenvalue weighted by atomic mass is 9.87. The second kappa shape index (κ2) is 5.14. The standard InChI is InChI=1S/C12H20N2O4/c1-8(11(15)16)9-5-14(6-9)12(17)13-4-3-10(7-13)18-2/h8-10H,3-7H2,1-2H3,(H,15,16). The number of carboxylic acid groups (broad SMARTS) is 1. The Morgan fingerprint density at radius 1 is 1.28 bits per heavy atom. The summed E-state index contributed by atoms with van der Waals surface area (Å²) in [5.74, 6) is -1.07. The number of ether oxygens (including phenoxy) is 1. The van der Waals surface area contributed by atoms with Crippen molar-refractivity contribution in [1.29, 1.82) is 0 Å². The van der Waals surface area contributed by atoms with Gasteiger partial charge in [0.15, 0.2) is 0 Å². The van der Waals surface area contributed by atoms with Gasteiger partial charge in [-0.2, -0.15) is 0 Å². The van der Waals surface area contributed by atoms with E-state index in [1.165, 1.54) is 0 Å². The highest BCUT2D eigenvalue weighted by atomic mass is 16.5. The molecule has 2 heterocycles. The first-order valence-electron chi connectivity index (χ1n) is 6.32. The molecular formula is C12H20N2O4. The SMILES string of the molecule is COC1CCN(C(=O)N2CC(C(C)C(=O)O)C2)C1. The first kappa shape index (κ1) is 13.1. The second-order valence-electron chi connectivity index (χ2n) is 5.17. The fourth-order valence-corrected chi connectivity index (χ4v) is 2.48. The van der Waals surface area contributed by atoms with Gasteiger partial charge in [0, 0.05) is 39.2 Å². The Kier molecular flexibility index (Phi) is 3.75. The maximum Gasteiger partial charge on any atom is 0.320 e. The van der Waals surface area contributed by atoms with Crippen molar-refractivity contribution in [3.05, 3.63) is 0 Å². The Morgan fingerprint density at radius 3 is 2.44 bits per heavy atom. The molecule has 0 saturated carbocycles. The van der Waals surface area contributed by atoms with Gasteiger partial charge in [0.25, 0.3) is 0 Å². The van der Waals surface area contributed by atoms with E-state index in [4.69, 9.17) is 9.84 Å². The van der Waals surface area contributed by atoms with Crippen molar-refractivity contribution in [2.75, 3.05) is 33.3 Å². The van der Waals surface area contributed by atoms with E-state index in [1.54, 1.807) is 23.8 Å². The third kappa shape index (κ3) is 2.43. The number of hydrogen-bond acceptors (Lipinski definition) is 3. The molecule has 18 heavy (non-hydrogen) atoms. The van der Waals surface area contributed by atoms with E-state index in [0.29, 0.717) is 19.6 Å². The van der Waals surface area contributed by atoms with E-state index in [2.05, 4.69) is 0 Å². The van der Waals surface area contributed by atoms with Crippen molar-refractivity contribution >= 4 is 12.0 Å². The van der Waals surface area contributed by atoms with E-state index in [9.17, 15) is 9.59 Å². The number of carbonyl (C=O) groups excluding carboxylic acids is 1. The largest absolute Gasteiger partial charge is 0.481 e. The van der Waals surface area contributed by atoms with Crippen LogP contribution in [0, 0.1) is 11.8 Å². The zero-order chi connectivity index (χ0) is 13.3. The highest BCUT2D eigenvalue weighted by Gasteiger charge is 2.40. The van der Waals surface area contributed by atoms with E-state index in [0.717, 1.165) is 13.0 Å². The topological polar surface area (TPSA) is 70.1 Å². The number of urea groups is 1. The van der Waals surface area contributed by atoms with Crippen LogP contribution in [0.15, 0.2) is 0 Å². The molecule has 2 unspecified atom stereocenters. The third-order valence-corrected chi connectivity index (χ3v) is 4.03. The summed E-state index contributed by atoms with van der Waals surface area (Å²) in [5, 5.41) is 8.89. The monoisotopic (exact) mass is 256 g/mol. The van der Waals surface area contributed by atoms with Crippen LogP contribution in [0.4, 0.5) is 4.79 Å². The molecule has 2 amide bonds. The highest BCUT2D eigenvalue weighted by Crippen LogP contribution is 2.26. The van der Waals surface area contributed by atoms with Gasteiger partial charge in [0.05, 0.1) is 12.0 Å². The van der Waals surface area contributed by atoms with Gasteiger partial charge >= 0.3 is 12.0 Å². The van der Waals surface area contributed by atoms with Crippen LogP contribution in [0.5, 0.6) is 0 Å². The van der Waals surface area contributed by atoms with Crippen molar-refractivity contribution < 1.29 is 19.4 Å². The van der Waals surface area contributed by atoms with Crippen molar-refractivity contribution in [3.63, 3.8) is 0 Å². The van der Waals surface area contributed by atoms with Gasteiger partial charge in [-0.05, 0) is 6.42 Å². The minimum absolute atomic E-state index is 0.0170. The number of rotatable bonds is 3. The maximum atomic E-state index is 12.1. The molecule has 0 bridgehead atoms. The number of amides is 2. The zero-order valence-electron chi connectivity index (χ0n) is 10.8. The summed E-state index contributed by atoms with van der Waals surface area (Å²) in [7, 11) is 1.66. The first-order valence-corrected chi connectivity index (χ1v) is 6.32. The lowest BCUT2D eigenvalue weighted by molar-refractivity contribution is -0.144. The second-order valence-corrected chi connectivity index (χ2v) is 5.17. The van der Waals surface area contributed by atoms with Crippen LogP contribution in [0.3, 0.4) is 0 Å². The number of carbonyl (C=O) groups is 2. The summed E-state index contributed by atoms with van der Waals surface area (Å²) >= 11 is 0. The van der Waals surface area contributed by atoms with Gasteiger partial charge < -0.3 is 19.6 Å². The van der Waals surface area contributed by atoms with E-state index >= 15 is 0 Å². The Hall–Kier alpha value is -1.30. The summed E-state index contributed by atoms with van der Waals surface area (Å²) in [6.07, 6.45) is 1.02. The summed E-state index contributed by atoms with van der Waals surface area (Å²) < 4.78 is 5.22. The van der Waals surface area contributed by atoms with Crippen molar-refractivity contribution in [2.45, 2.75) is 19.4 Å². The maximum absolute atomic E-state index is 12.1. The number of carboxylic acids is 1.